The number of thiocarbonyl (C=S) groups is 1. The van der Waals surface area contributed by atoms with Crippen LogP contribution in [0.15, 0.2) is 48.7 Å². The number of para-hydroxylation sites is 1. The third-order valence-corrected chi connectivity index (χ3v) is 4.65. The van der Waals surface area contributed by atoms with Crippen LogP contribution in [0.4, 0.5) is 29.1 Å². The van der Waals surface area contributed by atoms with Gasteiger partial charge in [0, 0.05) is 16.8 Å². The Morgan fingerprint density at radius 1 is 1.03 bits per heavy atom. The Kier molecular flexibility index (Phi) is 6.30. The molecule has 0 fully saturated rings. The van der Waals surface area contributed by atoms with E-state index in [9.17, 15) is 17.6 Å². The van der Waals surface area contributed by atoms with Gasteiger partial charge in [0.1, 0.15) is 10.8 Å². The van der Waals surface area contributed by atoms with Gasteiger partial charge in [-0.1, -0.05) is 41.4 Å². The van der Waals surface area contributed by atoms with E-state index in [4.69, 9.17) is 35.4 Å². The van der Waals surface area contributed by atoms with E-state index in [0.29, 0.717) is 0 Å². The van der Waals surface area contributed by atoms with Crippen LogP contribution in [0.5, 0.6) is 0 Å². The molecule has 0 aliphatic rings. The lowest BCUT2D eigenvalue weighted by atomic mass is 10.2. The van der Waals surface area contributed by atoms with Crippen LogP contribution in [0.2, 0.25) is 10.0 Å². The number of nitrogens with zero attached hydrogens (tertiary/aromatic N) is 2. The molecule has 0 aliphatic carbocycles. The molecule has 4 nitrogen and oxygen atoms in total. The number of hydrogen-bond donors (Lipinski definition) is 2. The van der Waals surface area contributed by atoms with Gasteiger partial charge < -0.3 is 10.6 Å². The van der Waals surface area contributed by atoms with Crippen LogP contribution >= 0.6 is 35.4 Å². The topological polar surface area (TPSA) is 41.9 Å². The molecule has 152 valence electrons. The van der Waals surface area contributed by atoms with Crippen LogP contribution < -0.4 is 10.6 Å². The molecule has 0 amide bonds. The number of nitrogens with one attached hydrogen (secondary N) is 2. The largest absolute Gasteiger partial charge is 0.418 e. The highest BCUT2D eigenvalue weighted by Crippen LogP contribution is 2.34. The summed E-state index contributed by atoms with van der Waals surface area (Å²) in [5.41, 5.74) is -0.860. The van der Waals surface area contributed by atoms with Crippen molar-refractivity contribution in [3.63, 3.8) is 0 Å². The summed E-state index contributed by atoms with van der Waals surface area (Å²) in [5, 5.41) is 9.49. The summed E-state index contributed by atoms with van der Waals surface area (Å²) in [4.78, 5) is 0. The van der Waals surface area contributed by atoms with Gasteiger partial charge in [-0.3, -0.25) is 4.68 Å². The number of hydrogen-bond acceptors (Lipinski definition) is 2. The highest BCUT2D eigenvalue weighted by Gasteiger charge is 2.33. The third kappa shape index (κ3) is 5.17. The highest BCUT2D eigenvalue weighted by atomic mass is 35.5. The maximum Gasteiger partial charge on any atom is 0.418 e. The lowest BCUT2D eigenvalue weighted by Gasteiger charge is -2.15. The predicted octanol–water partition coefficient (Wildman–Crippen LogP) is 6.21. The molecule has 0 radical (unpaired) electrons. The molecule has 0 saturated heterocycles. The Labute approximate surface area is 178 Å². The summed E-state index contributed by atoms with van der Waals surface area (Å²) in [7, 11) is 0. The van der Waals surface area contributed by atoms with E-state index in [2.05, 4.69) is 15.7 Å². The van der Waals surface area contributed by atoms with Gasteiger partial charge in [0.25, 0.3) is 0 Å². The van der Waals surface area contributed by atoms with Crippen molar-refractivity contribution in [3.8, 4) is 0 Å². The third-order valence-electron chi connectivity index (χ3n) is 3.81. The van der Waals surface area contributed by atoms with Gasteiger partial charge in [0.15, 0.2) is 10.9 Å². The molecule has 0 spiro atoms. The first-order valence-corrected chi connectivity index (χ1v) is 9.21. The molecule has 3 aromatic rings. The summed E-state index contributed by atoms with van der Waals surface area (Å²) in [6, 6.07) is 9.19. The first kappa shape index (κ1) is 21.4. The molecule has 0 saturated carbocycles. The van der Waals surface area contributed by atoms with Gasteiger partial charge in [-0.2, -0.15) is 18.3 Å². The smallest absolute Gasteiger partial charge is 0.332 e. The summed E-state index contributed by atoms with van der Waals surface area (Å²) >= 11 is 17.2. The quantitative estimate of drug-likeness (QED) is 0.357. The first-order valence-electron chi connectivity index (χ1n) is 8.05. The van der Waals surface area contributed by atoms with Gasteiger partial charge >= 0.3 is 6.18 Å². The van der Waals surface area contributed by atoms with Crippen molar-refractivity contribution in [2.24, 2.45) is 0 Å². The van der Waals surface area contributed by atoms with Crippen molar-refractivity contribution >= 4 is 52.0 Å². The molecule has 29 heavy (non-hydrogen) atoms. The van der Waals surface area contributed by atoms with Crippen molar-refractivity contribution in [2.45, 2.75) is 12.7 Å². The molecule has 0 atom stereocenters. The van der Waals surface area contributed by atoms with E-state index in [1.165, 1.54) is 41.2 Å². The van der Waals surface area contributed by atoms with Crippen LogP contribution in [-0.2, 0) is 12.7 Å². The fourth-order valence-corrected chi connectivity index (χ4v) is 3.14. The van der Waals surface area contributed by atoms with Gasteiger partial charge in [-0.05, 0) is 36.5 Å². The Morgan fingerprint density at radius 3 is 2.45 bits per heavy atom. The lowest BCUT2D eigenvalue weighted by molar-refractivity contribution is -0.136. The van der Waals surface area contributed by atoms with Crippen LogP contribution in [0.3, 0.4) is 0 Å². The Balaban J connectivity index is 1.74. The number of alkyl halides is 3. The number of aromatic nitrogens is 2. The summed E-state index contributed by atoms with van der Waals surface area (Å²) in [6.07, 6.45) is -3.13. The number of benzene rings is 2. The monoisotopic (exact) mass is 462 g/mol. The fraction of sp³-hybridized carbons (Fsp3) is 0.111. The van der Waals surface area contributed by atoms with Crippen LogP contribution in [0.1, 0.15) is 11.1 Å². The highest BCUT2D eigenvalue weighted by molar-refractivity contribution is 7.80. The Hall–Kier alpha value is -2.36. The van der Waals surface area contributed by atoms with E-state index in [-0.39, 0.29) is 38.8 Å². The summed E-state index contributed by atoms with van der Waals surface area (Å²) in [6.45, 7) is 0.00397. The van der Waals surface area contributed by atoms with Crippen LogP contribution in [0, 0.1) is 5.82 Å². The normalized spacial score (nSPS) is 11.4. The van der Waals surface area contributed by atoms with Gasteiger partial charge in [-0.25, -0.2) is 4.39 Å². The molecule has 2 N–H and O–H groups in total. The van der Waals surface area contributed by atoms with Crippen LogP contribution in [-0.4, -0.2) is 14.9 Å². The standard InChI is InChI=1S/C18H12Cl2F4N4S/c19-12-5-3-6-14(21)10(12)8-28-9-13(20)16(27-28)26-17(29)25-15-7-2-1-4-11(15)18(22,23)24/h1-7,9H,8H2,(H2,25,26,27,29). The molecule has 0 unspecified atom stereocenters. The number of halogens is 6. The van der Waals surface area contributed by atoms with E-state index in [1.54, 1.807) is 6.07 Å². The molecular weight excluding hydrogens is 451 g/mol. The fourth-order valence-electron chi connectivity index (χ4n) is 2.51. The lowest BCUT2D eigenvalue weighted by Crippen LogP contribution is -2.22. The SMILES string of the molecule is Fc1cccc(Cl)c1Cn1cc(Cl)c(NC(=S)Nc2ccccc2C(F)(F)F)n1. The zero-order valence-corrected chi connectivity index (χ0v) is 16.7. The minimum absolute atomic E-state index is 0.00397. The molecule has 0 aliphatic heterocycles. The van der Waals surface area contributed by atoms with Crippen molar-refractivity contribution < 1.29 is 17.6 Å². The average molecular weight is 463 g/mol. The maximum atomic E-state index is 13.9. The van der Waals surface area contributed by atoms with Crippen molar-refractivity contribution in [1.82, 2.24) is 9.78 Å². The van der Waals surface area contributed by atoms with Crippen molar-refractivity contribution in [3.05, 3.63) is 75.7 Å². The number of anilines is 2. The molecular formula is C18H12Cl2F4N4S. The minimum Gasteiger partial charge on any atom is -0.332 e. The summed E-state index contributed by atoms with van der Waals surface area (Å²) < 4.78 is 54.5. The van der Waals surface area contributed by atoms with Crippen molar-refractivity contribution in [2.75, 3.05) is 10.6 Å². The maximum absolute atomic E-state index is 13.9. The molecule has 1 heterocycles. The van der Waals surface area contributed by atoms with Crippen LogP contribution in [0.25, 0.3) is 0 Å². The Bertz CT molecular complexity index is 1030. The molecule has 2 aromatic carbocycles. The zero-order chi connectivity index (χ0) is 21.2. The second-order valence-electron chi connectivity index (χ2n) is 5.85. The zero-order valence-electron chi connectivity index (χ0n) is 14.4. The summed E-state index contributed by atoms with van der Waals surface area (Å²) in [5.74, 6) is -0.402. The van der Waals surface area contributed by atoms with Crippen molar-refractivity contribution in [1.29, 1.82) is 0 Å². The average Bonchev–Trinajstić information content (AvgIpc) is 2.97. The minimum atomic E-state index is -4.54. The predicted molar refractivity (Wildman–Crippen MR) is 109 cm³/mol. The molecule has 11 heteroatoms. The van der Waals surface area contributed by atoms with E-state index >= 15 is 0 Å². The second-order valence-corrected chi connectivity index (χ2v) is 7.07. The van der Waals surface area contributed by atoms with E-state index in [0.717, 1.165) is 6.07 Å². The molecule has 0 bridgehead atoms. The molecule has 1 aromatic heterocycles. The second kappa shape index (κ2) is 8.56. The van der Waals surface area contributed by atoms with Gasteiger partial charge in [0.2, 0.25) is 0 Å². The number of rotatable bonds is 4. The van der Waals surface area contributed by atoms with Gasteiger partial charge in [0.05, 0.1) is 17.8 Å². The van der Waals surface area contributed by atoms with E-state index < -0.39 is 17.6 Å². The van der Waals surface area contributed by atoms with E-state index in [1.807, 2.05) is 0 Å². The Morgan fingerprint density at radius 2 is 1.76 bits per heavy atom. The molecule has 3 rings (SSSR count). The first-order chi connectivity index (χ1) is 13.6. The van der Waals surface area contributed by atoms with Gasteiger partial charge in [-0.15, -0.1) is 0 Å².